The highest BCUT2D eigenvalue weighted by Crippen LogP contribution is 2.31. The monoisotopic (exact) mass is 648 g/mol. The van der Waals surface area contributed by atoms with E-state index in [2.05, 4.69) is 54.8 Å². The summed E-state index contributed by atoms with van der Waals surface area (Å²) >= 11 is 2.94. The van der Waals surface area contributed by atoms with Crippen molar-refractivity contribution in [2.24, 2.45) is 11.8 Å². The summed E-state index contributed by atoms with van der Waals surface area (Å²) in [6.45, 7) is 18.7. The van der Waals surface area contributed by atoms with Gasteiger partial charge in [-0.1, -0.05) is 34.6 Å². The lowest BCUT2D eigenvalue weighted by Gasteiger charge is -2.35. The molecule has 0 spiro atoms. The van der Waals surface area contributed by atoms with Gasteiger partial charge in [0.15, 0.2) is 5.69 Å². The number of nitrogens with zero attached hydrogens (tertiary/aromatic N) is 4. The van der Waals surface area contributed by atoms with Gasteiger partial charge in [0, 0.05) is 41.8 Å². The molecule has 2 rings (SSSR count). The van der Waals surface area contributed by atoms with Crippen molar-refractivity contribution in [1.29, 1.82) is 0 Å². The Morgan fingerprint density at radius 2 is 1.43 bits per heavy atom. The molecule has 4 atom stereocenters. The van der Waals surface area contributed by atoms with Crippen molar-refractivity contribution in [3.63, 3.8) is 0 Å². The Morgan fingerprint density at radius 1 is 0.909 bits per heavy atom. The van der Waals surface area contributed by atoms with Gasteiger partial charge in [-0.05, 0) is 65.5 Å². The van der Waals surface area contributed by atoms with Gasteiger partial charge in [0.25, 0.3) is 14.8 Å². The van der Waals surface area contributed by atoms with Crippen LogP contribution in [0, 0.1) is 18.8 Å². The summed E-state index contributed by atoms with van der Waals surface area (Å²) in [6.07, 6.45) is 3.87. The number of carbonyl (C=O) groups excluding carboxylic acids is 2. The van der Waals surface area contributed by atoms with Crippen LogP contribution < -0.4 is 0 Å². The molecule has 2 aromatic rings. The molecule has 2 heterocycles. The molecule has 2 radical (unpaired) electrons. The Balaban J connectivity index is 0.000000440. The van der Waals surface area contributed by atoms with Gasteiger partial charge in [-0.3, -0.25) is 0 Å². The second kappa shape index (κ2) is 21.7. The van der Waals surface area contributed by atoms with Crippen LogP contribution in [0.1, 0.15) is 106 Å². The number of aromatic nitrogens is 2. The Morgan fingerprint density at radius 3 is 1.84 bits per heavy atom. The number of aryl methyl sites for hydroxylation is 1. The molecule has 0 saturated heterocycles. The molecule has 0 saturated carbocycles. The van der Waals surface area contributed by atoms with Crippen molar-refractivity contribution in [1.82, 2.24) is 19.6 Å². The Hall–Kier alpha value is -1.96. The lowest BCUT2D eigenvalue weighted by Crippen LogP contribution is -2.43. The van der Waals surface area contributed by atoms with E-state index < -0.39 is 5.97 Å². The van der Waals surface area contributed by atoms with E-state index >= 15 is 0 Å². The first-order valence-electron chi connectivity index (χ1n) is 15.3. The van der Waals surface area contributed by atoms with E-state index in [1.54, 1.807) is 18.8 Å². The fourth-order valence-corrected chi connectivity index (χ4v) is 6.68. The van der Waals surface area contributed by atoms with Crippen molar-refractivity contribution >= 4 is 55.8 Å². The number of rotatable bonds is 21. The number of ether oxygens (including phenoxy) is 2. The van der Waals surface area contributed by atoms with E-state index in [-0.39, 0.29) is 30.0 Å². The first-order valence-corrected chi connectivity index (χ1v) is 17.1. The van der Waals surface area contributed by atoms with Crippen LogP contribution in [-0.4, -0.2) is 96.8 Å². The van der Waals surface area contributed by atoms with Crippen molar-refractivity contribution < 1.29 is 29.0 Å². The predicted octanol–water partition coefficient (Wildman–Crippen LogP) is 5.54. The number of aromatic carboxylic acids is 1. The first-order chi connectivity index (χ1) is 20.9. The lowest BCUT2D eigenvalue weighted by atomic mass is 9.85. The summed E-state index contributed by atoms with van der Waals surface area (Å²) in [5, 5.41) is 14.3. The number of carboxylic acid groups (broad SMARTS) is 1. The molecule has 0 amide bonds. The van der Waals surface area contributed by atoms with Crippen molar-refractivity contribution in [2.45, 2.75) is 98.9 Å². The summed E-state index contributed by atoms with van der Waals surface area (Å²) in [7, 11) is 5.02. The molecule has 0 aliphatic rings. The molecule has 0 aliphatic carbocycles. The van der Waals surface area contributed by atoms with E-state index in [0.29, 0.717) is 36.5 Å². The van der Waals surface area contributed by atoms with Gasteiger partial charge in [0.2, 0.25) is 0 Å². The number of carbonyl (C=O) groups is 3. The van der Waals surface area contributed by atoms with E-state index in [9.17, 15) is 14.4 Å². The number of carboxylic acids is 1. The maximum absolute atomic E-state index is 11.0. The van der Waals surface area contributed by atoms with Crippen LogP contribution in [0.4, 0.5) is 0 Å². The summed E-state index contributed by atoms with van der Waals surface area (Å²) in [5.41, 5.74) is 1.08. The van der Waals surface area contributed by atoms with Crippen molar-refractivity contribution in [3.05, 3.63) is 32.2 Å². The molecule has 0 fully saturated rings. The minimum absolute atomic E-state index is 0.00416. The highest BCUT2D eigenvalue weighted by Gasteiger charge is 2.28. The summed E-state index contributed by atoms with van der Waals surface area (Å²) in [6, 6.07) is 0.366. The second-order valence-corrected chi connectivity index (χ2v) is 12.9. The standard InChI is InChI=1S/C16H28BN2O2S.C14H22BN2O4S/c1-6-8-19(17-11-20)14(12(3)4)9-15(21-7-2)16-18-13(5)10-22-16;1-5-21-12(13-16-10(7-22-13)14(19)20)6-11(9(2)3)17(4)15-8-18/h10-12,14-15H,6-9H2,1-5H3;7-9,11-12H,5-6H2,1-4H3,(H,19,20)/t14?,15-;11-,12+/m10/s1. The van der Waals surface area contributed by atoms with E-state index in [1.807, 2.05) is 32.6 Å². The maximum atomic E-state index is 11.0. The average Bonchev–Trinajstić information content (AvgIpc) is 3.63. The summed E-state index contributed by atoms with van der Waals surface area (Å²) < 4.78 is 11.7. The molecule has 0 aliphatic heterocycles. The van der Waals surface area contributed by atoms with Gasteiger partial charge >= 0.3 is 5.97 Å². The molecule has 0 bridgehead atoms. The number of thiazole rings is 2. The molecular formula is C30H50B2N4O6S2. The average molecular weight is 649 g/mol. The van der Waals surface area contributed by atoms with Gasteiger partial charge in [0.1, 0.15) is 22.2 Å². The zero-order valence-corrected chi connectivity index (χ0v) is 29.4. The van der Waals surface area contributed by atoms with E-state index in [1.165, 1.54) is 24.1 Å². The third kappa shape index (κ3) is 13.6. The van der Waals surface area contributed by atoms with Crippen LogP contribution in [0.5, 0.6) is 0 Å². The normalized spacial score (nSPS) is 14.2. The molecule has 10 nitrogen and oxygen atoms in total. The minimum Gasteiger partial charge on any atom is -0.476 e. The Kier molecular flexibility index (Phi) is 19.8. The molecule has 1 unspecified atom stereocenters. The van der Waals surface area contributed by atoms with Gasteiger partial charge in [-0.25, -0.2) is 14.8 Å². The van der Waals surface area contributed by atoms with Crippen LogP contribution in [0.25, 0.3) is 0 Å². The third-order valence-electron chi connectivity index (χ3n) is 7.09. The summed E-state index contributed by atoms with van der Waals surface area (Å²) in [5.74, 6) is -0.292. The quantitative estimate of drug-likeness (QED) is 0.136. The lowest BCUT2D eigenvalue weighted by molar-refractivity contribution is 0.0340. The molecular weight excluding hydrogens is 598 g/mol. The molecule has 2 aromatic heterocycles. The highest BCUT2D eigenvalue weighted by molar-refractivity contribution is 7.10. The molecule has 14 heteroatoms. The first kappa shape index (κ1) is 40.1. The van der Waals surface area contributed by atoms with Crippen LogP contribution in [0.15, 0.2) is 10.8 Å². The van der Waals surface area contributed by atoms with Gasteiger partial charge in [0.05, 0.1) is 12.4 Å². The topological polar surface area (TPSA) is 122 Å². The third-order valence-corrected chi connectivity index (χ3v) is 9.09. The summed E-state index contributed by atoms with van der Waals surface area (Å²) in [4.78, 5) is 45.4. The zero-order chi connectivity index (χ0) is 33.2. The van der Waals surface area contributed by atoms with Crippen LogP contribution in [-0.2, 0) is 19.1 Å². The van der Waals surface area contributed by atoms with Crippen LogP contribution >= 0.6 is 22.7 Å². The number of hydrogen-bond donors (Lipinski definition) is 1. The zero-order valence-electron chi connectivity index (χ0n) is 27.8. The Labute approximate surface area is 273 Å². The van der Waals surface area contributed by atoms with Crippen molar-refractivity contribution in [2.75, 3.05) is 26.8 Å². The molecule has 244 valence electrons. The molecule has 44 heavy (non-hydrogen) atoms. The largest absolute Gasteiger partial charge is 0.476 e. The van der Waals surface area contributed by atoms with E-state index in [0.717, 1.165) is 42.5 Å². The number of hydrogen-bond acceptors (Lipinski definition) is 11. The SMILES string of the molecule is CCCN([B]C=O)C(C[C@@H](OCC)c1nc(C)cs1)C(C)C.CCO[C@H](C[C@@H](C(C)C)N(C)[B]C=O)c1nc(C(=O)O)cs1. The molecule has 1 N–H and O–H groups in total. The fraction of sp³-hybridized carbons (Fsp3) is 0.700. The highest BCUT2D eigenvalue weighted by atomic mass is 32.1. The maximum Gasteiger partial charge on any atom is 0.355 e. The van der Waals surface area contributed by atoms with Crippen LogP contribution in [0.2, 0.25) is 0 Å². The van der Waals surface area contributed by atoms with Gasteiger partial charge < -0.3 is 33.8 Å². The van der Waals surface area contributed by atoms with E-state index in [4.69, 9.17) is 14.6 Å². The predicted molar refractivity (Wildman–Crippen MR) is 181 cm³/mol. The fourth-order valence-electron chi connectivity index (χ4n) is 4.97. The molecule has 0 aromatic carbocycles. The minimum atomic E-state index is -1.04. The Bertz CT molecular complexity index is 1100. The van der Waals surface area contributed by atoms with Crippen molar-refractivity contribution in [3.8, 4) is 0 Å². The van der Waals surface area contributed by atoms with Gasteiger partial charge in [-0.15, -0.1) is 22.7 Å². The smallest absolute Gasteiger partial charge is 0.355 e. The second-order valence-electron chi connectivity index (χ2n) is 11.2. The van der Waals surface area contributed by atoms with Gasteiger partial charge in [-0.2, -0.15) is 0 Å². The van der Waals surface area contributed by atoms with Crippen LogP contribution in [0.3, 0.4) is 0 Å².